The number of carbonyl (C=O) groups is 2. The van der Waals surface area contributed by atoms with E-state index in [1.165, 1.54) is 0 Å². The molecule has 1 amide bonds. The van der Waals surface area contributed by atoms with Crippen molar-refractivity contribution in [2.75, 3.05) is 18.4 Å². The molecule has 0 aliphatic heterocycles. The zero-order valence-electron chi connectivity index (χ0n) is 14.4. The van der Waals surface area contributed by atoms with Gasteiger partial charge >= 0.3 is 0 Å². The first kappa shape index (κ1) is 18.5. The maximum Gasteiger partial charge on any atom is 0.252 e. The molecule has 0 aliphatic carbocycles. The van der Waals surface area contributed by atoms with Crippen molar-refractivity contribution in [3.8, 4) is 0 Å². The highest BCUT2D eigenvalue weighted by Crippen LogP contribution is 2.17. The van der Waals surface area contributed by atoms with E-state index in [1.54, 1.807) is 67.0 Å². The van der Waals surface area contributed by atoms with Crippen LogP contribution in [0.1, 0.15) is 26.3 Å². The Kier molecular flexibility index (Phi) is 6.12. The van der Waals surface area contributed by atoms with Crippen LogP contribution in [0, 0.1) is 0 Å². The maximum atomic E-state index is 12.7. The Morgan fingerprint density at radius 2 is 1.52 bits per heavy atom. The van der Waals surface area contributed by atoms with Gasteiger partial charge < -0.3 is 10.6 Å². The number of hydrogen-bond donors (Lipinski definition) is 2. The highest BCUT2D eigenvalue weighted by Gasteiger charge is 2.17. The van der Waals surface area contributed by atoms with Crippen LogP contribution in [0.3, 0.4) is 0 Å². The predicted molar refractivity (Wildman–Crippen MR) is 104 cm³/mol. The Hall–Kier alpha value is -3.25. The van der Waals surface area contributed by atoms with Crippen molar-refractivity contribution in [1.29, 1.82) is 0 Å². The quantitative estimate of drug-likeness (QED) is 0.485. The third kappa shape index (κ3) is 4.89. The van der Waals surface area contributed by atoms with Crippen LogP contribution < -0.4 is 10.6 Å². The van der Waals surface area contributed by atoms with Crippen molar-refractivity contribution in [3.05, 3.63) is 88.7 Å². The second kappa shape index (κ2) is 8.91. The molecule has 0 aliphatic rings. The van der Waals surface area contributed by atoms with Crippen molar-refractivity contribution in [2.24, 2.45) is 0 Å². The zero-order valence-corrected chi connectivity index (χ0v) is 15.1. The van der Waals surface area contributed by atoms with Gasteiger partial charge in [0.2, 0.25) is 5.95 Å². The third-order valence-corrected chi connectivity index (χ3v) is 4.03. The summed E-state index contributed by atoms with van der Waals surface area (Å²) in [5, 5.41) is 6.35. The summed E-state index contributed by atoms with van der Waals surface area (Å²) in [6, 6.07) is 15.0. The number of benzene rings is 2. The number of halogens is 1. The summed E-state index contributed by atoms with van der Waals surface area (Å²) < 4.78 is 0. The van der Waals surface area contributed by atoms with Crippen LogP contribution in [-0.4, -0.2) is 34.7 Å². The number of anilines is 1. The van der Waals surface area contributed by atoms with Gasteiger partial charge in [-0.2, -0.15) is 0 Å². The van der Waals surface area contributed by atoms with Crippen LogP contribution in [0.5, 0.6) is 0 Å². The molecule has 0 fully saturated rings. The average Bonchev–Trinajstić information content (AvgIpc) is 2.72. The summed E-state index contributed by atoms with van der Waals surface area (Å²) in [4.78, 5) is 33.4. The molecule has 1 aromatic heterocycles. The summed E-state index contributed by atoms with van der Waals surface area (Å²) in [5.74, 6) is -0.0537. The standard InChI is InChI=1S/C20H17ClN4O2/c21-15-8-6-14(7-9-15)18(26)16-4-1-2-5-17(16)19(27)22-12-13-25-20-23-10-3-11-24-20/h1-11H,12-13H2,(H,22,27)(H,23,24,25). The molecular formula is C20H17ClN4O2. The number of hydrogen-bond acceptors (Lipinski definition) is 5. The van der Waals surface area contributed by atoms with Crippen molar-refractivity contribution < 1.29 is 9.59 Å². The molecular weight excluding hydrogens is 364 g/mol. The van der Waals surface area contributed by atoms with Gasteiger partial charge in [0, 0.05) is 41.6 Å². The third-order valence-electron chi connectivity index (χ3n) is 3.78. The first-order valence-electron chi connectivity index (χ1n) is 8.33. The Bertz CT molecular complexity index is 930. The molecule has 0 saturated heterocycles. The van der Waals surface area contributed by atoms with Gasteiger partial charge in [0.25, 0.3) is 5.91 Å². The molecule has 0 radical (unpaired) electrons. The monoisotopic (exact) mass is 380 g/mol. The fraction of sp³-hybridized carbons (Fsp3) is 0.100. The fourth-order valence-electron chi connectivity index (χ4n) is 2.47. The number of carbonyl (C=O) groups excluding carboxylic acids is 2. The Morgan fingerprint density at radius 3 is 2.22 bits per heavy atom. The van der Waals surface area contributed by atoms with Crippen molar-refractivity contribution >= 4 is 29.2 Å². The highest BCUT2D eigenvalue weighted by atomic mass is 35.5. The molecule has 6 nitrogen and oxygen atoms in total. The summed E-state index contributed by atoms with van der Waals surface area (Å²) >= 11 is 5.87. The number of rotatable bonds is 7. The Morgan fingerprint density at radius 1 is 0.852 bits per heavy atom. The second-order valence-corrected chi connectivity index (χ2v) is 6.07. The van der Waals surface area contributed by atoms with Gasteiger partial charge in [0.05, 0.1) is 5.56 Å². The summed E-state index contributed by atoms with van der Waals surface area (Å²) in [7, 11) is 0. The SMILES string of the molecule is O=C(NCCNc1ncccn1)c1ccccc1C(=O)c1ccc(Cl)cc1. The molecule has 2 aromatic carbocycles. The Balaban J connectivity index is 1.65. The van der Waals surface area contributed by atoms with E-state index in [2.05, 4.69) is 20.6 Å². The molecule has 3 rings (SSSR count). The number of ketones is 1. The molecule has 2 N–H and O–H groups in total. The summed E-state index contributed by atoms with van der Waals surface area (Å²) in [6.45, 7) is 0.823. The van der Waals surface area contributed by atoms with E-state index >= 15 is 0 Å². The van der Waals surface area contributed by atoms with E-state index in [0.717, 1.165) is 0 Å². The van der Waals surface area contributed by atoms with Crippen LogP contribution >= 0.6 is 11.6 Å². The molecule has 1 heterocycles. The van der Waals surface area contributed by atoms with Gasteiger partial charge in [-0.25, -0.2) is 9.97 Å². The molecule has 7 heteroatoms. The Labute approximate surface area is 161 Å². The van der Waals surface area contributed by atoms with Crippen LogP contribution in [0.15, 0.2) is 67.0 Å². The van der Waals surface area contributed by atoms with E-state index in [0.29, 0.717) is 40.8 Å². The molecule has 3 aromatic rings. The average molecular weight is 381 g/mol. The number of nitrogens with zero attached hydrogens (tertiary/aromatic N) is 2. The molecule has 0 spiro atoms. The summed E-state index contributed by atoms with van der Waals surface area (Å²) in [5.41, 5.74) is 1.15. The van der Waals surface area contributed by atoms with E-state index in [-0.39, 0.29) is 11.7 Å². The minimum atomic E-state index is -0.316. The molecule has 0 unspecified atom stereocenters. The highest BCUT2D eigenvalue weighted by molar-refractivity contribution is 6.30. The number of aromatic nitrogens is 2. The molecule has 0 saturated carbocycles. The maximum absolute atomic E-state index is 12.7. The van der Waals surface area contributed by atoms with Gasteiger partial charge in [-0.3, -0.25) is 9.59 Å². The smallest absolute Gasteiger partial charge is 0.252 e. The largest absolute Gasteiger partial charge is 0.352 e. The lowest BCUT2D eigenvalue weighted by Crippen LogP contribution is -2.30. The van der Waals surface area contributed by atoms with E-state index < -0.39 is 0 Å². The van der Waals surface area contributed by atoms with Crippen LogP contribution in [0.25, 0.3) is 0 Å². The first-order valence-corrected chi connectivity index (χ1v) is 8.71. The van der Waals surface area contributed by atoms with Gasteiger partial charge in [-0.1, -0.05) is 29.8 Å². The van der Waals surface area contributed by atoms with Crippen LogP contribution in [-0.2, 0) is 0 Å². The predicted octanol–water partition coefficient (Wildman–Crippen LogP) is 3.20. The van der Waals surface area contributed by atoms with Gasteiger partial charge in [-0.05, 0) is 36.4 Å². The van der Waals surface area contributed by atoms with E-state index in [9.17, 15) is 9.59 Å². The van der Waals surface area contributed by atoms with Crippen molar-refractivity contribution in [2.45, 2.75) is 0 Å². The molecule has 27 heavy (non-hydrogen) atoms. The van der Waals surface area contributed by atoms with Crippen LogP contribution in [0.2, 0.25) is 5.02 Å². The minimum absolute atomic E-state index is 0.228. The molecule has 0 atom stereocenters. The van der Waals surface area contributed by atoms with Crippen molar-refractivity contribution in [1.82, 2.24) is 15.3 Å². The van der Waals surface area contributed by atoms with E-state index in [4.69, 9.17) is 11.6 Å². The zero-order chi connectivity index (χ0) is 19.1. The summed E-state index contributed by atoms with van der Waals surface area (Å²) in [6.07, 6.45) is 3.26. The normalized spacial score (nSPS) is 10.3. The van der Waals surface area contributed by atoms with Gasteiger partial charge in [0.1, 0.15) is 0 Å². The molecule has 0 bridgehead atoms. The first-order chi connectivity index (χ1) is 13.1. The molecule has 136 valence electrons. The topological polar surface area (TPSA) is 84.0 Å². The number of nitrogens with one attached hydrogen (secondary N) is 2. The lowest BCUT2D eigenvalue weighted by atomic mass is 9.98. The van der Waals surface area contributed by atoms with E-state index in [1.807, 2.05) is 0 Å². The van der Waals surface area contributed by atoms with Crippen molar-refractivity contribution in [3.63, 3.8) is 0 Å². The van der Waals surface area contributed by atoms with Gasteiger partial charge in [-0.15, -0.1) is 0 Å². The fourth-order valence-corrected chi connectivity index (χ4v) is 2.60. The number of amides is 1. The second-order valence-electron chi connectivity index (χ2n) is 5.64. The lowest BCUT2D eigenvalue weighted by molar-refractivity contribution is 0.0943. The minimum Gasteiger partial charge on any atom is -0.352 e. The van der Waals surface area contributed by atoms with Crippen LogP contribution in [0.4, 0.5) is 5.95 Å². The van der Waals surface area contributed by atoms with Gasteiger partial charge in [0.15, 0.2) is 5.78 Å². The lowest BCUT2D eigenvalue weighted by Gasteiger charge is -2.10.